The minimum atomic E-state index is -1.06. The normalized spacial score (nSPS) is 21.9. The minimum Gasteiger partial charge on any atom is -0.493 e. The van der Waals surface area contributed by atoms with E-state index in [1.807, 2.05) is 35.2 Å². The molecule has 0 radical (unpaired) electrons. The van der Waals surface area contributed by atoms with Gasteiger partial charge >= 0.3 is 5.97 Å². The summed E-state index contributed by atoms with van der Waals surface area (Å²) >= 11 is 12.9. The number of carboxylic acids is 1. The molecule has 3 aromatic rings. The molecule has 1 aromatic heterocycles. The summed E-state index contributed by atoms with van der Waals surface area (Å²) < 4.78 is 21.8. The first-order chi connectivity index (χ1) is 25.5. The van der Waals surface area contributed by atoms with Crippen LogP contribution in [0.15, 0.2) is 54.7 Å². The van der Waals surface area contributed by atoms with Crippen molar-refractivity contribution in [3.8, 4) is 17.2 Å². The van der Waals surface area contributed by atoms with Crippen molar-refractivity contribution in [2.45, 2.75) is 42.6 Å². The largest absolute Gasteiger partial charge is 0.493 e. The lowest BCUT2D eigenvalue weighted by Crippen LogP contribution is -2.59. The Bertz CT molecular complexity index is 1780. The predicted molar refractivity (Wildman–Crippen MR) is 198 cm³/mol. The number of hydrazine groups is 1. The first-order valence-electron chi connectivity index (χ1n) is 17.6. The lowest BCUT2D eigenvalue weighted by molar-refractivity contribution is -0.160. The van der Waals surface area contributed by atoms with Gasteiger partial charge in [-0.1, -0.05) is 35.3 Å². The molecular formula is C38H45Cl2N5O8. The van der Waals surface area contributed by atoms with Crippen molar-refractivity contribution >= 4 is 41.0 Å². The summed E-state index contributed by atoms with van der Waals surface area (Å²) in [4.78, 5) is 48.5. The third kappa shape index (κ3) is 8.04. The maximum atomic E-state index is 14.1. The molecule has 3 fully saturated rings. The quantitative estimate of drug-likeness (QED) is 0.270. The second kappa shape index (κ2) is 16.5. The molecular weight excluding hydrogens is 725 g/mol. The number of hydrogen-bond acceptors (Lipinski definition) is 10. The van der Waals surface area contributed by atoms with Gasteiger partial charge in [-0.25, -0.2) is 9.80 Å². The Balaban J connectivity index is 1.19. The first kappa shape index (κ1) is 38.6. The highest BCUT2D eigenvalue weighted by atomic mass is 35.5. The Morgan fingerprint density at radius 2 is 1.68 bits per heavy atom. The Labute approximate surface area is 319 Å². The van der Waals surface area contributed by atoms with E-state index in [0.717, 1.165) is 18.5 Å². The standard InChI is InChI=1S/C38H45Cl2N5O8/c1-50-29-20-25(21-30(51-2)33(29)52-3)34(46)44-17-10-37(24-44,26-7-8-27(39)28(40)22-26)9-14-43-15-11-38(12-16-43,32-6-4-5-13-41-32)36(49)42-45-18-19-53-31(23-45)35(47)48/h4-8,13,20-22,31H,9-12,14-19,23-24H2,1-3H3,(H,42,49)(H,47,48). The molecule has 2 N–H and O–H groups in total. The number of nitrogens with zero attached hydrogens (tertiary/aromatic N) is 4. The summed E-state index contributed by atoms with van der Waals surface area (Å²) in [7, 11) is 4.56. The van der Waals surface area contributed by atoms with Gasteiger partial charge in [-0.3, -0.25) is 20.0 Å². The maximum Gasteiger partial charge on any atom is 0.334 e. The van der Waals surface area contributed by atoms with Crippen LogP contribution in [0.2, 0.25) is 10.0 Å². The number of carbonyl (C=O) groups is 3. The molecule has 13 nitrogen and oxygen atoms in total. The molecule has 2 unspecified atom stereocenters. The van der Waals surface area contributed by atoms with Crippen LogP contribution < -0.4 is 19.6 Å². The molecule has 2 aromatic carbocycles. The van der Waals surface area contributed by atoms with Crippen LogP contribution in [0, 0.1) is 0 Å². The number of methoxy groups -OCH3 is 3. The molecule has 2 atom stereocenters. The summed E-state index contributed by atoms with van der Waals surface area (Å²) in [5.74, 6) is -0.195. The van der Waals surface area contributed by atoms with Gasteiger partial charge in [0, 0.05) is 36.8 Å². The van der Waals surface area contributed by atoms with Gasteiger partial charge in [-0.05, 0) is 87.3 Å². The van der Waals surface area contributed by atoms with Crippen molar-refractivity contribution in [1.29, 1.82) is 0 Å². The number of piperidine rings is 1. The fourth-order valence-corrected chi connectivity index (χ4v) is 8.07. The van der Waals surface area contributed by atoms with E-state index in [-0.39, 0.29) is 25.0 Å². The second-order valence-electron chi connectivity index (χ2n) is 13.8. The number of ether oxygens (including phenoxy) is 4. The van der Waals surface area contributed by atoms with Crippen LogP contribution in [0.25, 0.3) is 0 Å². The zero-order valence-electron chi connectivity index (χ0n) is 30.1. The van der Waals surface area contributed by atoms with Crippen LogP contribution in [0.1, 0.15) is 47.3 Å². The third-order valence-corrected chi connectivity index (χ3v) is 11.6. The number of aromatic nitrogens is 1. The molecule has 15 heteroatoms. The van der Waals surface area contributed by atoms with Gasteiger partial charge < -0.3 is 33.9 Å². The lowest BCUT2D eigenvalue weighted by Gasteiger charge is -2.43. The zero-order valence-corrected chi connectivity index (χ0v) is 31.6. The van der Waals surface area contributed by atoms with E-state index in [9.17, 15) is 19.5 Å². The summed E-state index contributed by atoms with van der Waals surface area (Å²) in [5, 5.41) is 12.0. The van der Waals surface area contributed by atoms with Gasteiger partial charge in [0.05, 0.1) is 55.6 Å². The van der Waals surface area contributed by atoms with E-state index in [1.54, 1.807) is 29.4 Å². The Morgan fingerprint density at radius 3 is 2.30 bits per heavy atom. The van der Waals surface area contributed by atoms with Crippen molar-refractivity contribution in [2.75, 3.05) is 73.7 Å². The first-order valence-corrected chi connectivity index (χ1v) is 18.4. The molecule has 0 aliphatic carbocycles. The molecule has 284 valence electrons. The number of carbonyl (C=O) groups excluding carboxylic acids is 2. The summed E-state index contributed by atoms with van der Waals surface area (Å²) in [5.41, 5.74) is 3.82. The highest BCUT2D eigenvalue weighted by Gasteiger charge is 2.47. The number of hydrogen-bond donors (Lipinski definition) is 2. The highest BCUT2D eigenvalue weighted by Crippen LogP contribution is 2.43. The van der Waals surface area contributed by atoms with E-state index in [4.69, 9.17) is 42.1 Å². The van der Waals surface area contributed by atoms with Crippen LogP contribution in [0.5, 0.6) is 17.2 Å². The van der Waals surface area contributed by atoms with Crippen molar-refractivity contribution in [3.63, 3.8) is 0 Å². The number of likely N-dealkylation sites (tertiary alicyclic amines) is 2. The van der Waals surface area contributed by atoms with E-state index < -0.39 is 22.9 Å². The van der Waals surface area contributed by atoms with E-state index in [2.05, 4.69) is 15.3 Å². The zero-order chi connectivity index (χ0) is 37.8. The van der Waals surface area contributed by atoms with Crippen molar-refractivity contribution in [3.05, 3.63) is 81.6 Å². The fourth-order valence-electron chi connectivity index (χ4n) is 7.77. The average molecular weight is 771 g/mol. The molecule has 0 saturated carbocycles. The molecule has 3 aliphatic rings. The topological polar surface area (TPSA) is 143 Å². The highest BCUT2D eigenvalue weighted by molar-refractivity contribution is 6.42. The van der Waals surface area contributed by atoms with Crippen LogP contribution in [-0.4, -0.2) is 123 Å². The molecule has 0 bridgehead atoms. The lowest BCUT2D eigenvalue weighted by atomic mass is 9.73. The van der Waals surface area contributed by atoms with Crippen LogP contribution in [0.4, 0.5) is 0 Å². The Hall–Kier alpha value is -4.14. The van der Waals surface area contributed by atoms with E-state index in [1.165, 1.54) is 21.3 Å². The fraction of sp³-hybridized carbons (Fsp3) is 0.474. The number of halogens is 2. The summed E-state index contributed by atoms with van der Waals surface area (Å²) in [6, 6.07) is 14.6. The summed E-state index contributed by atoms with van der Waals surface area (Å²) in [6.45, 7) is 3.63. The average Bonchev–Trinajstić information content (AvgIpc) is 3.63. The number of carboxylic acid groups (broad SMARTS) is 1. The monoisotopic (exact) mass is 769 g/mol. The van der Waals surface area contributed by atoms with Gasteiger partial charge in [0.25, 0.3) is 5.91 Å². The number of rotatable bonds is 12. The number of morpholine rings is 1. The third-order valence-electron chi connectivity index (χ3n) is 10.9. The molecule has 6 rings (SSSR count). The molecule has 3 saturated heterocycles. The number of pyridine rings is 1. The predicted octanol–water partition coefficient (Wildman–Crippen LogP) is 4.44. The second-order valence-corrected chi connectivity index (χ2v) is 14.6. The molecule has 53 heavy (non-hydrogen) atoms. The van der Waals surface area contributed by atoms with Crippen molar-refractivity contribution in [1.82, 2.24) is 25.2 Å². The Morgan fingerprint density at radius 1 is 0.943 bits per heavy atom. The number of aliphatic carboxylic acids is 1. The van der Waals surface area contributed by atoms with Gasteiger partial charge in [0.1, 0.15) is 0 Å². The van der Waals surface area contributed by atoms with Crippen molar-refractivity contribution < 1.29 is 38.4 Å². The van der Waals surface area contributed by atoms with Crippen molar-refractivity contribution in [2.24, 2.45) is 0 Å². The molecule has 0 spiro atoms. The molecule has 2 amide bonds. The van der Waals surface area contributed by atoms with Gasteiger partial charge in [-0.15, -0.1) is 0 Å². The number of nitrogens with one attached hydrogen (secondary N) is 1. The van der Waals surface area contributed by atoms with Crippen LogP contribution in [-0.2, 0) is 25.2 Å². The smallest absolute Gasteiger partial charge is 0.334 e. The van der Waals surface area contributed by atoms with E-state index in [0.29, 0.717) is 90.5 Å². The number of benzene rings is 2. The van der Waals surface area contributed by atoms with E-state index >= 15 is 0 Å². The SMILES string of the molecule is COc1cc(C(=O)N2CCC(CCN3CCC(C(=O)NN4CCOC(C(=O)O)C4)(c4ccccn4)CC3)(c3ccc(Cl)c(Cl)c3)C2)cc(OC)c1OC. The molecule has 4 heterocycles. The van der Waals surface area contributed by atoms with Gasteiger partial charge in [0.15, 0.2) is 17.6 Å². The minimum absolute atomic E-state index is 0.0569. The maximum absolute atomic E-state index is 14.1. The Kier molecular flexibility index (Phi) is 12.0. The molecule has 3 aliphatic heterocycles. The number of amides is 2. The van der Waals surface area contributed by atoms with Crippen LogP contribution >= 0.6 is 23.2 Å². The van der Waals surface area contributed by atoms with Crippen LogP contribution in [0.3, 0.4) is 0 Å². The summed E-state index contributed by atoms with van der Waals surface area (Å²) in [6.07, 6.45) is 3.17. The van der Waals surface area contributed by atoms with Gasteiger partial charge in [-0.2, -0.15) is 0 Å². The van der Waals surface area contributed by atoms with Gasteiger partial charge in [0.2, 0.25) is 11.7 Å².